The third kappa shape index (κ3) is 2.76. The van der Waals surface area contributed by atoms with Crippen LogP contribution in [-0.4, -0.2) is 40.3 Å². The molecule has 8 heteroatoms. The van der Waals surface area contributed by atoms with Crippen LogP contribution in [0, 0.1) is 18.3 Å². The predicted molar refractivity (Wildman–Crippen MR) is 85.7 cm³/mol. The predicted octanol–water partition coefficient (Wildman–Crippen LogP) is 1.94. The Hall–Kier alpha value is -3.08. The maximum atomic E-state index is 10.6. The molecule has 1 amide bonds. The van der Waals surface area contributed by atoms with Crippen LogP contribution in [-0.2, 0) is 6.42 Å². The second-order valence-corrected chi connectivity index (χ2v) is 5.64. The summed E-state index contributed by atoms with van der Waals surface area (Å²) in [5.74, 6) is 1.79. The second kappa shape index (κ2) is 6.20. The van der Waals surface area contributed by atoms with E-state index in [4.69, 9.17) is 9.52 Å². The van der Waals surface area contributed by atoms with Crippen molar-refractivity contribution >= 4 is 11.9 Å². The largest absolute Gasteiger partial charge is 0.465 e. The normalized spacial score (nSPS) is 14.1. The highest BCUT2D eigenvalue weighted by molar-refractivity contribution is 5.70. The third-order valence-electron chi connectivity index (χ3n) is 4.07. The Bertz CT molecular complexity index is 818. The lowest BCUT2D eigenvalue weighted by Crippen LogP contribution is -2.59. The number of anilines is 1. The minimum Gasteiger partial charge on any atom is -0.465 e. The molecule has 2 aromatic rings. The molecule has 0 bridgehead atoms. The Balaban J connectivity index is 1.87. The van der Waals surface area contributed by atoms with Crippen LogP contribution in [0.5, 0.6) is 0 Å². The monoisotopic (exact) mass is 327 g/mol. The molecule has 0 saturated carbocycles. The molecule has 1 aliphatic heterocycles. The number of nitrogens with zero attached hydrogens (tertiary/aromatic N) is 4. The number of aromatic nitrogens is 2. The van der Waals surface area contributed by atoms with Crippen LogP contribution in [0.4, 0.5) is 10.6 Å². The molecule has 3 heterocycles. The van der Waals surface area contributed by atoms with Gasteiger partial charge in [-0.15, -0.1) is 0 Å². The summed E-state index contributed by atoms with van der Waals surface area (Å²) < 4.78 is 5.65. The smallest absolute Gasteiger partial charge is 0.405 e. The standard InChI is InChI=1S/C16H17N5O3/c1-3-11-5-19-15(24-11)13-6-18-14(12(4-17)9(13)2)21-7-10(8-21)20-16(22)23/h5-6,10,20H,3,7-8H2,1-2H3,(H,22,23). The number of oxazole rings is 1. The zero-order valence-corrected chi connectivity index (χ0v) is 13.4. The Kier molecular flexibility index (Phi) is 4.08. The molecule has 0 atom stereocenters. The molecular weight excluding hydrogens is 310 g/mol. The molecule has 1 fully saturated rings. The first-order chi connectivity index (χ1) is 11.5. The van der Waals surface area contributed by atoms with Crippen LogP contribution in [0.3, 0.4) is 0 Å². The lowest BCUT2D eigenvalue weighted by Gasteiger charge is -2.40. The minimum atomic E-state index is -1.05. The molecule has 2 aromatic heterocycles. The van der Waals surface area contributed by atoms with E-state index in [1.807, 2.05) is 18.7 Å². The summed E-state index contributed by atoms with van der Waals surface area (Å²) in [4.78, 5) is 21.1. The van der Waals surface area contributed by atoms with Gasteiger partial charge in [0.2, 0.25) is 5.89 Å². The van der Waals surface area contributed by atoms with Crippen molar-refractivity contribution in [2.24, 2.45) is 0 Å². The summed E-state index contributed by atoms with van der Waals surface area (Å²) in [6.07, 6.45) is 3.02. The van der Waals surface area contributed by atoms with Gasteiger partial charge in [-0.25, -0.2) is 14.8 Å². The fraction of sp³-hybridized carbons (Fsp3) is 0.375. The van der Waals surface area contributed by atoms with Crippen molar-refractivity contribution in [1.29, 1.82) is 5.26 Å². The zero-order valence-electron chi connectivity index (χ0n) is 13.4. The highest BCUT2D eigenvalue weighted by Crippen LogP contribution is 2.31. The van der Waals surface area contributed by atoms with Crippen LogP contribution in [0.25, 0.3) is 11.5 Å². The Morgan fingerprint density at radius 3 is 2.83 bits per heavy atom. The lowest BCUT2D eigenvalue weighted by molar-refractivity contribution is 0.187. The molecule has 0 unspecified atom stereocenters. The van der Waals surface area contributed by atoms with Gasteiger partial charge in [0.1, 0.15) is 17.6 Å². The molecule has 8 nitrogen and oxygen atoms in total. The van der Waals surface area contributed by atoms with Gasteiger partial charge in [0.25, 0.3) is 0 Å². The van der Waals surface area contributed by atoms with E-state index in [1.54, 1.807) is 12.4 Å². The Morgan fingerprint density at radius 1 is 1.50 bits per heavy atom. The molecule has 0 aromatic carbocycles. The summed E-state index contributed by atoms with van der Waals surface area (Å²) in [6, 6.07) is 2.05. The summed E-state index contributed by atoms with van der Waals surface area (Å²) in [7, 11) is 0. The van der Waals surface area contributed by atoms with E-state index < -0.39 is 6.09 Å². The topological polar surface area (TPSA) is 115 Å². The van der Waals surface area contributed by atoms with E-state index in [9.17, 15) is 10.1 Å². The molecule has 0 radical (unpaired) electrons. The van der Waals surface area contributed by atoms with Crippen LogP contribution < -0.4 is 10.2 Å². The molecule has 0 aliphatic carbocycles. The quantitative estimate of drug-likeness (QED) is 0.881. The lowest BCUT2D eigenvalue weighted by atomic mass is 10.0. The van der Waals surface area contributed by atoms with Crippen LogP contribution in [0.2, 0.25) is 0 Å². The Morgan fingerprint density at radius 2 is 2.25 bits per heavy atom. The van der Waals surface area contributed by atoms with E-state index in [0.717, 1.165) is 17.7 Å². The summed E-state index contributed by atoms with van der Waals surface area (Å²) in [6.45, 7) is 4.80. The third-order valence-corrected chi connectivity index (χ3v) is 4.07. The van der Waals surface area contributed by atoms with Gasteiger partial charge in [0.15, 0.2) is 0 Å². The number of nitriles is 1. The first-order valence-electron chi connectivity index (χ1n) is 7.62. The fourth-order valence-corrected chi connectivity index (χ4v) is 2.69. The van der Waals surface area contributed by atoms with Crippen molar-refractivity contribution in [3.63, 3.8) is 0 Å². The number of carbonyl (C=O) groups is 1. The van der Waals surface area contributed by atoms with Gasteiger partial charge in [-0.3, -0.25) is 0 Å². The average molecular weight is 327 g/mol. The van der Waals surface area contributed by atoms with Crippen LogP contribution >= 0.6 is 0 Å². The van der Waals surface area contributed by atoms with Gasteiger partial charge < -0.3 is 19.7 Å². The van der Waals surface area contributed by atoms with Crippen molar-refractivity contribution in [3.05, 3.63) is 29.3 Å². The molecule has 24 heavy (non-hydrogen) atoms. The fourth-order valence-electron chi connectivity index (χ4n) is 2.69. The van der Waals surface area contributed by atoms with Gasteiger partial charge in [0.05, 0.1) is 23.4 Å². The van der Waals surface area contributed by atoms with Crippen molar-refractivity contribution in [2.75, 3.05) is 18.0 Å². The molecule has 3 rings (SSSR count). The number of rotatable bonds is 4. The Labute approximate surface area is 138 Å². The van der Waals surface area contributed by atoms with Crippen molar-refractivity contribution in [2.45, 2.75) is 26.3 Å². The van der Waals surface area contributed by atoms with Gasteiger partial charge in [-0.05, 0) is 12.5 Å². The van der Waals surface area contributed by atoms with E-state index >= 15 is 0 Å². The van der Waals surface area contributed by atoms with Crippen LogP contribution in [0.15, 0.2) is 16.8 Å². The van der Waals surface area contributed by atoms with Gasteiger partial charge in [-0.2, -0.15) is 5.26 Å². The van der Waals surface area contributed by atoms with Gasteiger partial charge >= 0.3 is 6.09 Å². The van der Waals surface area contributed by atoms with Crippen molar-refractivity contribution in [3.8, 4) is 17.5 Å². The number of nitrogens with one attached hydrogen (secondary N) is 1. The van der Waals surface area contributed by atoms with E-state index in [2.05, 4.69) is 21.4 Å². The first-order valence-corrected chi connectivity index (χ1v) is 7.62. The van der Waals surface area contributed by atoms with Crippen molar-refractivity contribution < 1.29 is 14.3 Å². The maximum Gasteiger partial charge on any atom is 0.405 e. The molecule has 0 spiro atoms. The minimum absolute atomic E-state index is 0.144. The molecule has 1 saturated heterocycles. The number of hydrogen-bond acceptors (Lipinski definition) is 6. The first kappa shape index (κ1) is 15.8. The second-order valence-electron chi connectivity index (χ2n) is 5.64. The SMILES string of the molecule is CCc1cnc(-c2cnc(N3CC(NC(=O)O)C3)c(C#N)c2C)o1. The molecular formula is C16H17N5O3. The molecule has 124 valence electrons. The van der Waals surface area contributed by atoms with Crippen LogP contribution in [0.1, 0.15) is 23.8 Å². The maximum absolute atomic E-state index is 10.6. The van der Waals surface area contributed by atoms with E-state index in [-0.39, 0.29) is 6.04 Å². The zero-order chi connectivity index (χ0) is 17.3. The van der Waals surface area contributed by atoms with Crippen molar-refractivity contribution in [1.82, 2.24) is 15.3 Å². The summed E-state index contributed by atoms with van der Waals surface area (Å²) >= 11 is 0. The highest BCUT2D eigenvalue weighted by Gasteiger charge is 2.31. The summed E-state index contributed by atoms with van der Waals surface area (Å²) in [5, 5.41) is 20.7. The molecule has 2 N–H and O–H groups in total. The number of carboxylic acid groups (broad SMARTS) is 1. The number of pyridine rings is 1. The van der Waals surface area contributed by atoms with E-state index in [1.165, 1.54) is 0 Å². The van der Waals surface area contributed by atoms with Gasteiger partial charge in [-0.1, -0.05) is 6.92 Å². The number of hydrogen-bond donors (Lipinski definition) is 2. The number of amides is 1. The van der Waals surface area contributed by atoms with E-state index in [0.29, 0.717) is 35.9 Å². The summed E-state index contributed by atoms with van der Waals surface area (Å²) in [5.41, 5.74) is 1.90. The average Bonchev–Trinajstić information content (AvgIpc) is 2.98. The number of aryl methyl sites for hydroxylation is 1. The molecule has 1 aliphatic rings. The highest BCUT2D eigenvalue weighted by atomic mass is 16.4. The van der Waals surface area contributed by atoms with Gasteiger partial charge in [0, 0.05) is 25.7 Å².